The van der Waals surface area contributed by atoms with Crippen molar-refractivity contribution >= 4 is 11.6 Å². The van der Waals surface area contributed by atoms with Crippen molar-refractivity contribution in [2.24, 2.45) is 5.73 Å². The molecule has 1 rings (SSSR count). The maximum Gasteiger partial charge on any atom is 0.247 e. The van der Waals surface area contributed by atoms with E-state index < -0.39 is 0 Å². The van der Waals surface area contributed by atoms with Gasteiger partial charge in [0, 0.05) is 12.2 Å². The third kappa shape index (κ3) is 2.72. The van der Waals surface area contributed by atoms with Crippen LogP contribution in [0.5, 0.6) is 0 Å². The Morgan fingerprint density at radius 1 is 1.46 bits per heavy atom. The van der Waals surface area contributed by atoms with E-state index in [9.17, 15) is 4.79 Å². The number of hydrogen-bond donors (Lipinski definition) is 2. The maximum atomic E-state index is 10.9. The van der Waals surface area contributed by atoms with E-state index in [0.717, 1.165) is 11.3 Å². The maximum absolute atomic E-state index is 10.9. The molecule has 1 aromatic rings. The van der Waals surface area contributed by atoms with Gasteiger partial charge < -0.3 is 11.1 Å². The normalized spacial score (nSPS) is 9.31. The van der Waals surface area contributed by atoms with Gasteiger partial charge in [-0.25, -0.2) is 0 Å². The Morgan fingerprint density at radius 2 is 2.08 bits per heavy atom. The summed E-state index contributed by atoms with van der Waals surface area (Å²) in [6.45, 7) is 3.87. The molecule has 13 heavy (non-hydrogen) atoms. The molecule has 0 aliphatic heterocycles. The van der Waals surface area contributed by atoms with Gasteiger partial charge in [-0.2, -0.15) is 0 Å². The molecule has 0 fully saturated rings. The molecule has 0 bridgehead atoms. The zero-order chi connectivity index (χ0) is 9.68. The van der Waals surface area contributed by atoms with Crippen LogP contribution in [0, 0.1) is 0 Å². The van der Waals surface area contributed by atoms with Crippen molar-refractivity contribution in [3.8, 4) is 0 Å². The largest absolute Gasteiger partial charge is 0.326 e. The zero-order valence-electron chi connectivity index (χ0n) is 7.29. The highest BCUT2D eigenvalue weighted by atomic mass is 16.1. The van der Waals surface area contributed by atoms with Crippen LogP contribution < -0.4 is 11.1 Å². The molecule has 0 saturated carbocycles. The fourth-order valence-electron chi connectivity index (χ4n) is 0.917. The monoisotopic (exact) mass is 176 g/mol. The van der Waals surface area contributed by atoms with E-state index >= 15 is 0 Å². The van der Waals surface area contributed by atoms with Gasteiger partial charge in [0.25, 0.3) is 0 Å². The molecule has 3 heteroatoms. The Bertz CT molecular complexity index is 303. The molecule has 0 atom stereocenters. The topological polar surface area (TPSA) is 55.1 Å². The lowest BCUT2D eigenvalue weighted by Crippen LogP contribution is -2.07. The number of benzene rings is 1. The first-order chi connectivity index (χ1) is 6.26. The van der Waals surface area contributed by atoms with E-state index in [-0.39, 0.29) is 5.91 Å². The highest BCUT2D eigenvalue weighted by molar-refractivity contribution is 5.98. The van der Waals surface area contributed by atoms with Crippen LogP contribution >= 0.6 is 0 Å². The molecular weight excluding hydrogens is 164 g/mol. The van der Waals surface area contributed by atoms with Crippen LogP contribution in [-0.4, -0.2) is 5.91 Å². The van der Waals surface area contributed by atoms with Crippen LogP contribution in [0.2, 0.25) is 0 Å². The molecular formula is C10H12N2O. The summed E-state index contributed by atoms with van der Waals surface area (Å²) in [4.78, 5) is 10.9. The van der Waals surface area contributed by atoms with Crippen LogP contribution in [0.1, 0.15) is 5.56 Å². The van der Waals surface area contributed by atoms with Crippen molar-refractivity contribution in [1.82, 2.24) is 0 Å². The molecule has 3 N–H and O–H groups in total. The summed E-state index contributed by atoms with van der Waals surface area (Å²) in [7, 11) is 0. The lowest BCUT2D eigenvalue weighted by molar-refractivity contribution is -0.111. The van der Waals surface area contributed by atoms with Gasteiger partial charge in [0.05, 0.1) is 0 Å². The van der Waals surface area contributed by atoms with Gasteiger partial charge >= 0.3 is 0 Å². The Hall–Kier alpha value is -1.61. The first kappa shape index (κ1) is 9.48. The minimum absolute atomic E-state index is 0.208. The smallest absolute Gasteiger partial charge is 0.247 e. The van der Waals surface area contributed by atoms with Gasteiger partial charge in [0.15, 0.2) is 0 Å². The molecule has 0 spiro atoms. The van der Waals surface area contributed by atoms with E-state index in [1.54, 1.807) is 0 Å². The average Bonchev–Trinajstić information content (AvgIpc) is 2.19. The standard InChI is InChI=1S/C10H12N2O/c1-2-10(13)12-9-5-3-8(7-11)4-6-9/h2-6H,1,7,11H2,(H,12,13). The molecule has 0 radical (unpaired) electrons. The van der Waals surface area contributed by atoms with Gasteiger partial charge in [-0.3, -0.25) is 4.79 Å². The van der Waals surface area contributed by atoms with Crippen LogP contribution in [0.15, 0.2) is 36.9 Å². The molecule has 1 amide bonds. The summed E-state index contributed by atoms with van der Waals surface area (Å²) >= 11 is 0. The Balaban J connectivity index is 2.69. The number of amides is 1. The van der Waals surface area contributed by atoms with E-state index in [4.69, 9.17) is 5.73 Å². The van der Waals surface area contributed by atoms with Gasteiger partial charge in [0.2, 0.25) is 5.91 Å². The molecule has 1 aromatic carbocycles. The highest BCUT2D eigenvalue weighted by Gasteiger charge is 1.95. The van der Waals surface area contributed by atoms with Gasteiger partial charge in [-0.1, -0.05) is 18.7 Å². The lowest BCUT2D eigenvalue weighted by atomic mass is 10.2. The Morgan fingerprint density at radius 3 is 2.54 bits per heavy atom. The number of nitrogens with one attached hydrogen (secondary N) is 1. The second kappa shape index (κ2) is 4.42. The average molecular weight is 176 g/mol. The minimum atomic E-state index is -0.208. The summed E-state index contributed by atoms with van der Waals surface area (Å²) in [5, 5.41) is 2.65. The van der Waals surface area contributed by atoms with Crippen LogP contribution in [-0.2, 0) is 11.3 Å². The Kier molecular flexibility index (Phi) is 3.23. The van der Waals surface area contributed by atoms with E-state index in [1.165, 1.54) is 6.08 Å². The molecule has 0 aliphatic carbocycles. The first-order valence-electron chi connectivity index (χ1n) is 3.98. The number of carbonyl (C=O) groups excluding carboxylic acids is 1. The van der Waals surface area contributed by atoms with E-state index in [1.807, 2.05) is 24.3 Å². The van der Waals surface area contributed by atoms with E-state index in [2.05, 4.69) is 11.9 Å². The number of nitrogens with two attached hydrogens (primary N) is 1. The quantitative estimate of drug-likeness (QED) is 0.681. The van der Waals surface area contributed by atoms with Crippen molar-refractivity contribution in [1.29, 1.82) is 0 Å². The van der Waals surface area contributed by atoms with Gasteiger partial charge in [-0.05, 0) is 23.8 Å². The second-order valence-corrected chi connectivity index (χ2v) is 2.59. The number of rotatable bonds is 3. The SMILES string of the molecule is C=CC(=O)Nc1ccc(CN)cc1. The zero-order valence-corrected chi connectivity index (χ0v) is 7.29. The summed E-state index contributed by atoms with van der Waals surface area (Å²) in [5.41, 5.74) is 7.21. The predicted molar refractivity (Wildman–Crippen MR) is 53.2 cm³/mol. The van der Waals surface area contributed by atoms with Crippen LogP contribution in [0.25, 0.3) is 0 Å². The van der Waals surface area contributed by atoms with Crippen molar-refractivity contribution in [3.63, 3.8) is 0 Å². The van der Waals surface area contributed by atoms with Crippen molar-refractivity contribution in [3.05, 3.63) is 42.5 Å². The first-order valence-corrected chi connectivity index (χ1v) is 3.98. The molecule has 0 heterocycles. The van der Waals surface area contributed by atoms with E-state index in [0.29, 0.717) is 6.54 Å². The molecule has 0 unspecified atom stereocenters. The summed E-state index contributed by atoms with van der Waals surface area (Å²) in [6.07, 6.45) is 1.23. The van der Waals surface area contributed by atoms with Gasteiger partial charge in [0.1, 0.15) is 0 Å². The third-order valence-corrected chi connectivity index (χ3v) is 1.64. The van der Waals surface area contributed by atoms with Crippen molar-refractivity contribution < 1.29 is 4.79 Å². The molecule has 3 nitrogen and oxygen atoms in total. The summed E-state index contributed by atoms with van der Waals surface area (Å²) < 4.78 is 0. The minimum Gasteiger partial charge on any atom is -0.326 e. The van der Waals surface area contributed by atoms with Crippen LogP contribution in [0.4, 0.5) is 5.69 Å². The fraction of sp³-hybridized carbons (Fsp3) is 0.100. The fourth-order valence-corrected chi connectivity index (χ4v) is 0.917. The summed E-state index contributed by atoms with van der Waals surface area (Å²) in [6, 6.07) is 7.37. The molecule has 0 aromatic heterocycles. The molecule has 68 valence electrons. The number of hydrogen-bond acceptors (Lipinski definition) is 2. The number of anilines is 1. The molecule has 0 saturated heterocycles. The Labute approximate surface area is 77.3 Å². The van der Waals surface area contributed by atoms with Crippen molar-refractivity contribution in [2.45, 2.75) is 6.54 Å². The van der Waals surface area contributed by atoms with Gasteiger partial charge in [-0.15, -0.1) is 0 Å². The molecule has 0 aliphatic rings. The number of carbonyl (C=O) groups is 1. The highest BCUT2D eigenvalue weighted by Crippen LogP contribution is 2.08. The predicted octanol–water partition coefficient (Wildman–Crippen LogP) is 1.27. The third-order valence-electron chi connectivity index (χ3n) is 1.64. The summed E-state index contributed by atoms with van der Waals surface area (Å²) in [5.74, 6) is -0.208. The van der Waals surface area contributed by atoms with Crippen molar-refractivity contribution in [2.75, 3.05) is 5.32 Å². The lowest BCUT2D eigenvalue weighted by Gasteiger charge is -2.02. The van der Waals surface area contributed by atoms with Crippen LogP contribution in [0.3, 0.4) is 0 Å². The second-order valence-electron chi connectivity index (χ2n) is 2.59.